The molecule has 1 aliphatic heterocycles. The zero-order chi connectivity index (χ0) is 27.5. The number of ether oxygens (including phenoxy) is 1. The Balaban J connectivity index is 1.38. The average molecular weight is 553 g/mol. The number of carbonyl (C=O) groups is 3. The van der Waals surface area contributed by atoms with Crippen LogP contribution in [0.4, 0.5) is 16.2 Å². The Hall–Kier alpha value is -3.83. The van der Waals surface area contributed by atoms with E-state index in [4.69, 9.17) is 4.74 Å². The molecular formula is C27H28N4O5S2. The van der Waals surface area contributed by atoms with Gasteiger partial charge in [0.05, 0.1) is 0 Å². The van der Waals surface area contributed by atoms with E-state index < -0.39 is 22.5 Å². The Morgan fingerprint density at radius 3 is 2.24 bits per heavy atom. The van der Waals surface area contributed by atoms with Crippen molar-refractivity contribution >= 4 is 52.4 Å². The molecule has 38 heavy (non-hydrogen) atoms. The maximum absolute atomic E-state index is 12.8. The van der Waals surface area contributed by atoms with Crippen molar-refractivity contribution in [2.75, 3.05) is 10.6 Å². The maximum Gasteiger partial charge on any atom is 0.412 e. The van der Waals surface area contributed by atoms with Crippen LogP contribution in [0.2, 0.25) is 0 Å². The summed E-state index contributed by atoms with van der Waals surface area (Å²) in [5.41, 5.74) is 2.79. The fraction of sp³-hybridized carbons (Fsp3) is 0.259. The summed E-state index contributed by atoms with van der Waals surface area (Å²) < 4.78 is 5.26. The Kier molecular flexibility index (Phi) is 7.79. The first-order valence-electron chi connectivity index (χ1n) is 11.9. The summed E-state index contributed by atoms with van der Waals surface area (Å²) in [5, 5.41) is 21.9. The second-order valence-electron chi connectivity index (χ2n) is 9.53. The van der Waals surface area contributed by atoms with Gasteiger partial charge in [-0.1, -0.05) is 30.8 Å². The van der Waals surface area contributed by atoms with Gasteiger partial charge in [0, 0.05) is 27.7 Å². The van der Waals surface area contributed by atoms with Crippen LogP contribution in [0.25, 0.3) is 10.6 Å². The number of carbonyl (C=O) groups excluding carboxylic acids is 2. The number of hydrogen-bond acceptors (Lipinski definition) is 8. The quantitative estimate of drug-likeness (QED) is 0.271. The number of thioether (sulfide) groups is 1. The van der Waals surface area contributed by atoms with Crippen molar-refractivity contribution in [2.24, 2.45) is 0 Å². The molecule has 0 spiro atoms. The highest BCUT2D eigenvalue weighted by atomic mass is 32.2. The first-order chi connectivity index (χ1) is 18.0. The van der Waals surface area contributed by atoms with Crippen LogP contribution in [0.3, 0.4) is 0 Å². The zero-order valence-electron chi connectivity index (χ0n) is 21.3. The lowest BCUT2D eigenvalue weighted by Gasteiger charge is -2.29. The van der Waals surface area contributed by atoms with Gasteiger partial charge in [-0.25, -0.2) is 14.6 Å². The van der Waals surface area contributed by atoms with E-state index in [0.717, 1.165) is 11.1 Å². The van der Waals surface area contributed by atoms with E-state index in [1.807, 2.05) is 31.2 Å². The number of thiazole rings is 1. The van der Waals surface area contributed by atoms with Crippen LogP contribution in [-0.2, 0) is 14.4 Å². The van der Waals surface area contributed by atoms with Gasteiger partial charge in [-0.05, 0) is 69.2 Å². The standard InChI is InChI=1S/C27H28N4O5S2/c1-5-27(31-21(15-38-27)24(33)34)17-8-12-18(13-9-17)28-22(32)20-14-37-23(30-20)16-6-10-19(11-7-16)29-25(35)36-26(2,3)4/h6-15,31H,5H2,1-4H3,(H,28,32)(H,29,35)(H,33,34). The molecule has 0 saturated heterocycles. The van der Waals surface area contributed by atoms with Crippen molar-refractivity contribution in [3.05, 3.63) is 76.3 Å². The van der Waals surface area contributed by atoms with Gasteiger partial charge < -0.3 is 20.5 Å². The Morgan fingerprint density at radius 2 is 1.66 bits per heavy atom. The van der Waals surface area contributed by atoms with E-state index >= 15 is 0 Å². The molecule has 1 unspecified atom stereocenters. The van der Waals surface area contributed by atoms with Gasteiger partial charge in [-0.2, -0.15) is 0 Å². The average Bonchev–Trinajstić information content (AvgIpc) is 3.53. The van der Waals surface area contributed by atoms with E-state index in [-0.39, 0.29) is 11.6 Å². The van der Waals surface area contributed by atoms with Crippen LogP contribution >= 0.6 is 23.1 Å². The lowest BCUT2D eigenvalue weighted by molar-refractivity contribution is -0.133. The summed E-state index contributed by atoms with van der Waals surface area (Å²) in [7, 11) is 0. The highest BCUT2D eigenvalue weighted by molar-refractivity contribution is 8.03. The molecule has 198 valence electrons. The molecule has 1 aromatic heterocycles. The van der Waals surface area contributed by atoms with Gasteiger partial charge in [0.1, 0.15) is 26.9 Å². The number of nitrogens with one attached hydrogen (secondary N) is 3. The molecule has 2 amide bonds. The Bertz CT molecular complexity index is 1380. The Labute approximate surface area is 228 Å². The molecule has 0 aliphatic carbocycles. The second-order valence-corrected chi connectivity index (χ2v) is 11.6. The number of amides is 2. The first-order valence-corrected chi connectivity index (χ1v) is 13.6. The lowest BCUT2D eigenvalue weighted by Crippen LogP contribution is -2.36. The third-order valence-electron chi connectivity index (χ3n) is 5.57. The summed E-state index contributed by atoms with van der Waals surface area (Å²) in [4.78, 5) is 40.0. The van der Waals surface area contributed by atoms with Gasteiger partial charge in [0.15, 0.2) is 0 Å². The van der Waals surface area contributed by atoms with Gasteiger partial charge in [0.2, 0.25) is 0 Å². The monoisotopic (exact) mass is 552 g/mol. The normalized spacial score (nSPS) is 16.8. The second kappa shape index (κ2) is 10.9. The van der Waals surface area contributed by atoms with Crippen molar-refractivity contribution in [2.45, 2.75) is 44.6 Å². The fourth-order valence-electron chi connectivity index (χ4n) is 3.70. The van der Waals surface area contributed by atoms with Crippen LogP contribution in [-0.4, -0.2) is 33.7 Å². The number of carboxylic acid groups (broad SMARTS) is 1. The minimum absolute atomic E-state index is 0.169. The number of anilines is 2. The summed E-state index contributed by atoms with van der Waals surface area (Å²) in [6, 6.07) is 14.4. The van der Waals surface area contributed by atoms with Crippen LogP contribution in [0, 0.1) is 0 Å². The van der Waals surface area contributed by atoms with E-state index in [0.29, 0.717) is 28.5 Å². The molecule has 0 radical (unpaired) electrons. The van der Waals surface area contributed by atoms with Crippen molar-refractivity contribution in [3.8, 4) is 10.6 Å². The number of hydrogen-bond donors (Lipinski definition) is 4. The number of benzene rings is 2. The Morgan fingerprint density at radius 1 is 1.03 bits per heavy atom. The van der Waals surface area contributed by atoms with E-state index in [9.17, 15) is 19.5 Å². The van der Waals surface area contributed by atoms with Crippen molar-refractivity contribution in [1.29, 1.82) is 0 Å². The van der Waals surface area contributed by atoms with Gasteiger partial charge in [0.25, 0.3) is 5.91 Å². The fourth-order valence-corrected chi connectivity index (χ4v) is 5.59. The lowest BCUT2D eigenvalue weighted by atomic mass is 10.0. The molecule has 3 aromatic rings. The summed E-state index contributed by atoms with van der Waals surface area (Å²) >= 11 is 2.77. The third kappa shape index (κ3) is 6.35. The highest BCUT2D eigenvalue weighted by Crippen LogP contribution is 2.43. The molecule has 0 bridgehead atoms. The van der Waals surface area contributed by atoms with Crippen LogP contribution in [0.15, 0.2) is 65.0 Å². The molecule has 2 heterocycles. The van der Waals surface area contributed by atoms with Crippen molar-refractivity contribution in [3.63, 3.8) is 0 Å². The predicted molar refractivity (Wildman–Crippen MR) is 150 cm³/mol. The third-order valence-corrected chi connectivity index (χ3v) is 7.84. The highest BCUT2D eigenvalue weighted by Gasteiger charge is 2.37. The number of carboxylic acids is 1. The molecule has 0 saturated carbocycles. The molecular weight excluding hydrogens is 524 g/mol. The number of aliphatic carboxylic acids is 1. The number of aromatic nitrogens is 1. The molecule has 4 rings (SSSR count). The minimum Gasteiger partial charge on any atom is -0.477 e. The summed E-state index contributed by atoms with van der Waals surface area (Å²) in [6.45, 7) is 7.38. The van der Waals surface area contributed by atoms with Crippen LogP contribution in [0.1, 0.15) is 50.2 Å². The summed E-state index contributed by atoms with van der Waals surface area (Å²) in [5.74, 6) is -1.33. The van der Waals surface area contributed by atoms with Crippen LogP contribution < -0.4 is 16.0 Å². The van der Waals surface area contributed by atoms with Crippen LogP contribution in [0.5, 0.6) is 0 Å². The smallest absolute Gasteiger partial charge is 0.412 e. The van der Waals surface area contributed by atoms with Crippen molar-refractivity contribution in [1.82, 2.24) is 10.3 Å². The first kappa shape index (κ1) is 27.2. The van der Waals surface area contributed by atoms with E-state index in [1.54, 1.807) is 55.8 Å². The SMILES string of the molecule is CCC1(c2ccc(NC(=O)c3csc(-c4ccc(NC(=O)OC(C)(C)C)cc4)n3)cc2)NC(C(=O)O)=CS1. The topological polar surface area (TPSA) is 130 Å². The minimum atomic E-state index is -0.993. The van der Waals surface area contributed by atoms with Gasteiger partial charge >= 0.3 is 12.1 Å². The van der Waals surface area contributed by atoms with Gasteiger partial charge in [-0.3, -0.25) is 10.1 Å². The van der Waals surface area contributed by atoms with E-state index in [1.165, 1.54) is 23.1 Å². The number of nitrogens with zero attached hydrogens (tertiary/aromatic N) is 1. The predicted octanol–water partition coefficient (Wildman–Crippen LogP) is 6.23. The van der Waals surface area contributed by atoms with Crippen molar-refractivity contribution < 1.29 is 24.2 Å². The van der Waals surface area contributed by atoms with Gasteiger partial charge in [-0.15, -0.1) is 11.3 Å². The molecule has 9 nitrogen and oxygen atoms in total. The zero-order valence-corrected chi connectivity index (χ0v) is 23.0. The molecule has 2 aromatic carbocycles. The molecule has 1 atom stereocenters. The molecule has 4 N–H and O–H groups in total. The molecule has 11 heteroatoms. The van der Waals surface area contributed by atoms with E-state index in [2.05, 4.69) is 20.9 Å². The molecule has 1 aliphatic rings. The largest absolute Gasteiger partial charge is 0.477 e. The molecule has 0 fully saturated rings. The number of rotatable bonds is 7. The maximum atomic E-state index is 12.8. The summed E-state index contributed by atoms with van der Waals surface area (Å²) in [6.07, 6.45) is 0.146.